The van der Waals surface area contributed by atoms with E-state index in [0.717, 1.165) is 6.42 Å². The molecule has 5 nitrogen and oxygen atoms in total. The molecule has 180 valence electrons. The Labute approximate surface area is 199 Å². The number of aliphatic hydroxyl groups is 1. The van der Waals surface area contributed by atoms with Crippen LogP contribution in [0.15, 0.2) is 60.7 Å². The molecule has 1 N–H and O–H groups in total. The summed E-state index contributed by atoms with van der Waals surface area (Å²) in [7, 11) is -2.76. The second-order valence-corrected chi connectivity index (χ2v) is 15.1. The summed E-state index contributed by atoms with van der Waals surface area (Å²) >= 11 is 0. The molecule has 0 saturated carbocycles. The fraction of sp³-hybridized carbons (Fsp3) is 0.556. The van der Waals surface area contributed by atoms with Gasteiger partial charge < -0.3 is 23.7 Å². The van der Waals surface area contributed by atoms with Crippen molar-refractivity contribution in [3.8, 4) is 0 Å². The van der Waals surface area contributed by atoms with Crippen LogP contribution in [0.1, 0.15) is 48.0 Å². The van der Waals surface area contributed by atoms with Crippen LogP contribution >= 0.6 is 0 Å². The van der Waals surface area contributed by atoms with Gasteiger partial charge in [-0.15, -0.1) is 0 Å². The predicted molar refractivity (Wildman–Crippen MR) is 132 cm³/mol. The number of ether oxygens (including phenoxy) is 3. The van der Waals surface area contributed by atoms with Crippen molar-refractivity contribution in [1.82, 2.24) is 0 Å². The smallest absolute Gasteiger partial charge is 0.261 e. The molecule has 0 unspecified atom stereocenters. The van der Waals surface area contributed by atoms with Crippen LogP contribution in [0, 0.1) is 5.92 Å². The lowest BCUT2D eigenvalue weighted by Crippen LogP contribution is -2.68. The third kappa shape index (κ3) is 4.22. The van der Waals surface area contributed by atoms with Crippen molar-refractivity contribution < 1.29 is 23.7 Å². The molecule has 0 aliphatic carbocycles. The third-order valence-electron chi connectivity index (χ3n) is 7.17. The van der Waals surface area contributed by atoms with E-state index < -0.39 is 26.0 Å². The zero-order valence-electron chi connectivity index (χ0n) is 20.7. The van der Waals surface area contributed by atoms with E-state index in [9.17, 15) is 5.11 Å². The van der Waals surface area contributed by atoms with Crippen molar-refractivity contribution in [1.29, 1.82) is 0 Å². The van der Waals surface area contributed by atoms with Crippen molar-refractivity contribution in [2.24, 2.45) is 5.92 Å². The van der Waals surface area contributed by atoms with Gasteiger partial charge in [0.1, 0.15) is 11.7 Å². The van der Waals surface area contributed by atoms with Gasteiger partial charge in [-0.3, -0.25) is 0 Å². The van der Waals surface area contributed by atoms with Crippen LogP contribution in [0.5, 0.6) is 0 Å². The Morgan fingerprint density at radius 1 is 0.909 bits per heavy atom. The molecule has 2 aromatic rings. The SMILES string of the molecule is CC[C@H]1[C@H]2OC(C)(C)O[C@H]2O[C@@]1(CO)CO[Si](c1ccccc1)(c1ccccc1)C(C)(C)C. The molecule has 0 spiro atoms. The first kappa shape index (κ1) is 24.6. The first-order chi connectivity index (χ1) is 15.6. The molecule has 0 bridgehead atoms. The van der Waals surface area contributed by atoms with Crippen LogP contribution in [-0.2, 0) is 18.6 Å². The monoisotopic (exact) mass is 470 g/mol. The van der Waals surface area contributed by atoms with Crippen molar-refractivity contribution in [2.75, 3.05) is 13.2 Å². The highest BCUT2D eigenvalue weighted by Crippen LogP contribution is 2.48. The molecule has 4 rings (SSSR count). The summed E-state index contributed by atoms with van der Waals surface area (Å²) in [6.07, 6.45) is 0.0745. The molecule has 2 fully saturated rings. The normalized spacial score (nSPS) is 29.2. The summed E-state index contributed by atoms with van der Waals surface area (Å²) in [5, 5.41) is 12.9. The Morgan fingerprint density at radius 2 is 1.45 bits per heavy atom. The van der Waals surface area contributed by atoms with Crippen molar-refractivity contribution in [2.45, 2.75) is 76.8 Å². The highest BCUT2D eigenvalue weighted by molar-refractivity contribution is 6.99. The molecule has 2 saturated heterocycles. The van der Waals surface area contributed by atoms with Gasteiger partial charge in [-0.2, -0.15) is 0 Å². The van der Waals surface area contributed by atoms with Crippen LogP contribution < -0.4 is 10.4 Å². The van der Waals surface area contributed by atoms with Crippen LogP contribution in [-0.4, -0.2) is 50.4 Å². The molecular formula is C27H38O5Si. The van der Waals surface area contributed by atoms with Gasteiger partial charge in [0.2, 0.25) is 0 Å². The molecule has 2 heterocycles. The first-order valence-electron chi connectivity index (χ1n) is 12.0. The average molecular weight is 471 g/mol. The second-order valence-electron chi connectivity index (χ2n) is 10.8. The van der Waals surface area contributed by atoms with E-state index in [4.69, 9.17) is 18.6 Å². The summed E-state index contributed by atoms with van der Waals surface area (Å²) in [5.74, 6) is -0.726. The maximum atomic E-state index is 10.6. The van der Waals surface area contributed by atoms with E-state index in [2.05, 4.69) is 76.2 Å². The highest BCUT2D eigenvalue weighted by Gasteiger charge is 2.62. The minimum atomic E-state index is -2.76. The summed E-state index contributed by atoms with van der Waals surface area (Å²) < 4.78 is 25.8. The maximum absolute atomic E-state index is 10.6. The van der Waals surface area contributed by atoms with Crippen molar-refractivity contribution >= 4 is 18.7 Å². The molecule has 0 radical (unpaired) electrons. The summed E-state index contributed by atoms with van der Waals surface area (Å²) in [4.78, 5) is 0. The fourth-order valence-corrected chi connectivity index (χ4v) is 10.3. The number of hydrogen-bond donors (Lipinski definition) is 1. The van der Waals surface area contributed by atoms with Crippen molar-refractivity contribution in [3.63, 3.8) is 0 Å². The molecule has 2 aliphatic rings. The van der Waals surface area contributed by atoms with Gasteiger partial charge in [-0.1, -0.05) is 88.4 Å². The van der Waals surface area contributed by atoms with E-state index >= 15 is 0 Å². The lowest BCUT2D eigenvalue weighted by Gasteiger charge is -2.45. The van der Waals surface area contributed by atoms with E-state index in [-0.39, 0.29) is 30.3 Å². The van der Waals surface area contributed by atoms with Gasteiger partial charge in [0.25, 0.3) is 8.32 Å². The molecule has 6 heteroatoms. The largest absolute Gasteiger partial charge is 0.404 e. The molecule has 0 aromatic heterocycles. The molecule has 2 aliphatic heterocycles. The number of rotatable bonds is 7. The van der Waals surface area contributed by atoms with E-state index in [1.807, 2.05) is 26.0 Å². The van der Waals surface area contributed by atoms with Gasteiger partial charge in [0.05, 0.1) is 13.2 Å². The van der Waals surface area contributed by atoms with Crippen LogP contribution in [0.2, 0.25) is 5.04 Å². The predicted octanol–water partition coefficient (Wildman–Crippen LogP) is 3.83. The zero-order chi connectivity index (χ0) is 23.9. The third-order valence-corrected chi connectivity index (χ3v) is 12.2. The number of hydrogen-bond acceptors (Lipinski definition) is 5. The topological polar surface area (TPSA) is 57.2 Å². The van der Waals surface area contributed by atoms with Crippen LogP contribution in [0.25, 0.3) is 0 Å². The molecule has 4 atom stereocenters. The molecule has 0 amide bonds. The van der Waals surface area contributed by atoms with Crippen LogP contribution in [0.4, 0.5) is 0 Å². The summed E-state index contributed by atoms with van der Waals surface area (Å²) in [6.45, 7) is 12.8. The zero-order valence-corrected chi connectivity index (χ0v) is 21.7. The highest BCUT2D eigenvalue weighted by atomic mass is 28.4. The number of aliphatic hydroxyl groups excluding tert-OH is 1. The Balaban J connectivity index is 1.75. The number of benzene rings is 2. The Bertz CT molecular complexity index is 887. The second kappa shape index (κ2) is 8.91. The standard InChI is InChI=1S/C27H38O5Si/c1-7-22-23-24(31-26(5,6)30-23)32-27(22,18-28)19-29-33(25(2,3)4,20-14-10-8-11-15-20)21-16-12-9-13-17-21/h8-17,22-24,28H,7,18-19H2,1-6H3/t22-,23+,24-,27-/m0/s1. The summed E-state index contributed by atoms with van der Waals surface area (Å²) in [5.41, 5.74) is -0.881. The van der Waals surface area contributed by atoms with Crippen LogP contribution in [0.3, 0.4) is 0 Å². The fourth-order valence-electron chi connectivity index (χ4n) is 5.68. The van der Waals surface area contributed by atoms with E-state index in [1.165, 1.54) is 10.4 Å². The van der Waals surface area contributed by atoms with E-state index in [1.54, 1.807) is 0 Å². The quantitative estimate of drug-likeness (QED) is 0.624. The van der Waals surface area contributed by atoms with Gasteiger partial charge in [0, 0.05) is 5.92 Å². The van der Waals surface area contributed by atoms with E-state index in [0.29, 0.717) is 0 Å². The Hall–Kier alpha value is -1.54. The van der Waals surface area contributed by atoms with Gasteiger partial charge in [0.15, 0.2) is 12.1 Å². The van der Waals surface area contributed by atoms with Crippen molar-refractivity contribution in [3.05, 3.63) is 60.7 Å². The minimum Gasteiger partial charge on any atom is -0.404 e. The van der Waals surface area contributed by atoms with Gasteiger partial charge in [-0.25, -0.2) is 0 Å². The van der Waals surface area contributed by atoms with Gasteiger partial charge in [-0.05, 0) is 35.7 Å². The minimum absolute atomic E-state index is 0.0347. The number of fused-ring (bicyclic) bond motifs is 1. The molecule has 33 heavy (non-hydrogen) atoms. The van der Waals surface area contributed by atoms with Gasteiger partial charge >= 0.3 is 0 Å². The molecular weight excluding hydrogens is 432 g/mol. The Kier molecular flexibility index (Phi) is 6.64. The summed E-state index contributed by atoms with van der Waals surface area (Å²) in [6, 6.07) is 21.1. The Morgan fingerprint density at radius 3 is 1.91 bits per heavy atom. The first-order valence-corrected chi connectivity index (χ1v) is 13.9. The lowest BCUT2D eigenvalue weighted by molar-refractivity contribution is -0.244. The lowest BCUT2D eigenvalue weighted by atomic mass is 9.84. The maximum Gasteiger partial charge on any atom is 0.261 e. The molecule has 2 aromatic carbocycles. The average Bonchev–Trinajstić information content (AvgIpc) is 3.22.